The Labute approximate surface area is 179 Å². The number of benzene rings is 1. The second kappa shape index (κ2) is 10.7. The van der Waals surface area contributed by atoms with Gasteiger partial charge in [0.05, 0.1) is 25.2 Å². The van der Waals surface area contributed by atoms with Crippen molar-refractivity contribution in [1.82, 2.24) is 25.1 Å². The molecule has 0 aliphatic carbocycles. The Morgan fingerprint density at radius 1 is 1.23 bits per heavy atom. The van der Waals surface area contributed by atoms with Crippen molar-refractivity contribution in [3.63, 3.8) is 0 Å². The lowest BCUT2D eigenvalue weighted by atomic mass is 10.3. The van der Waals surface area contributed by atoms with Crippen LogP contribution in [0.4, 0.5) is 5.82 Å². The molecule has 3 aromatic rings. The lowest BCUT2D eigenvalue weighted by molar-refractivity contribution is -0.123. The fourth-order valence-electron chi connectivity index (χ4n) is 2.76. The van der Waals surface area contributed by atoms with Crippen molar-refractivity contribution in [3.8, 4) is 11.5 Å². The summed E-state index contributed by atoms with van der Waals surface area (Å²) in [4.78, 5) is 21.2. The number of carbonyl (C=O) groups is 1. The van der Waals surface area contributed by atoms with Crippen LogP contribution in [0.15, 0.2) is 35.6 Å². The Morgan fingerprint density at radius 2 is 2.07 bits per heavy atom. The number of hydrogen-bond acceptors (Lipinski definition) is 8. The van der Waals surface area contributed by atoms with E-state index in [1.54, 1.807) is 30.1 Å². The van der Waals surface area contributed by atoms with Crippen molar-refractivity contribution in [2.45, 2.75) is 25.0 Å². The van der Waals surface area contributed by atoms with Gasteiger partial charge in [0.15, 0.2) is 17.4 Å². The Kier molecular flexibility index (Phi) is 7.72. The average molecular weight is 431 g/mol. The highest BCUT2D eigenvalue weighted by Gasteiger charge is 2.13. The highest BCUT2D eigenvalue weighted by atomic mass is 32.2. The summed E-state index contributed by atoms with van der Waals surface area (Å²) < 4.78 is 12.4. The molecule has 9 nitrogen and oxygen atoms in total. The van der Waals surface area contributed by atoms with Gasteiger partial charge in [-0.1, -0.05) is 24.8 Å². The molecule has 2 N–H and O–H groups in total. The maximum atomic E-state index is 12.1. The SMILES string of the molecule is CCCNc1nc(SC)nc2c1cnn2CCNC(=O)COc1cccc(OC)c1. The molecule has 2 aromatic heterocycles. The third-order valence-corrected chi connectivity index (χ3v) is 4.81. The van der Waals surface area contributed by atoms with E-state index in [9.17, 15) is 4.79 Å². The third kappa shape index (κ3) is 5.53. The standard InChI is InChI=1S/C20H26N6O3S/c1-4-8-22-18-16-12-23-26(19(16)25-20(24-18)30-3)10-9-21-17(27)13-29-15-7-5-6-14(11-15)28-2/h5-7,11-12H,4,8-10,13H2,1-3H3,(H,21,27)(H,22,24,25). The summed E-state index contributed by atoms with van der Waals surface area (Å²) in [6, 6.07) is 7.13. The molecule has 160 valence electrons. The van der Waals surface area contributed by atoms with Gasteiger partial charge in [0.2, 0.25) is 0 Å². The first kappa shape index (κ1) is 21.7. The fourth-order valence-corrected chi connectivity index (χ4v) is 3.12. The van der Waals surface area contributed by atoms with E-state index in [0.717, 1.165) is 29.8 Å². The minimum absolute atomic E-state index is 0.0725. The summed E-state index contributed by atoms with van der Waals surface area (Å²) in [6.45, 7) is 3.76. The molecule has 3 rings (SSSR count). The van der Waals surface area contributed by atoms with Crippen LogP contribution in [0.5, 0.6) is 11.5 Å². The number of nitrogens with zero attached hydrogens (tertiary/aromatic N) is 4. The molecule has 2 heterocycles. The van der Waals surface area contributed by atoms with Gasteiger partial charge in [0.1, 0.15) is 17.3 Å². The zero-order chi connectivity index (χ0) is 21.3. The Balaban J connectivity index is 1.56. The van der Waals surface area contributed by atoms with Gasteiger partial charge < -0.3 is 20.1 Å². The number of rotatable bonds is 11. The largest absolute Gasteiger partial charge is 0.497 e. The third-order valence-electron chi connectivity index (χ3n) is 4.26. The van der Waals surface area contributed by atoms with Crippen LogP contribution in [-0.2, 0) is 11.3 Å². The molecule has 0 saturated carbocycles. The van der Waals surface area contributed by atoms with E-state index in [2.05, 4.69) is 32.6 Å². The Morgan fingerprint density at radius 3 is 2.83 bits per heavy atom. The lowest BCUT2D eigenvalue weighted by Gasteiger charge is -2.10. The predicted octanol–water partition coefficient (Wildman–Crippen LogP) is 2.57. The van der Waals surface area contributed by atoms with Crippen molar-refractivity contribution in [3.05, 3.63) is 30.5 Å². The van der Waals surface area contributed by atoms with Crippen LogP contribution < -0.4 is 20.1 Å². The molecule has 1 aromatic carbocycles. The number of anilines is 1. The van der Waals surface area contributed by atoms with Crippen molar-refractivity contribution in [2.24, 2.45) is 0 Å². The van der Waals surface area contributed by atoms with Gasteiger partial charge in [0, 0.05) is 19.2 Å². The summed E-state index contributed by atoms with van der Waals surface area (Å²) in [5.74, 6) is 1.83. The molecule has 0 aliphatic rings. The van der Waals surface area contributed by atoms with E-state index >= 15 is 0 Å². The van der Waals surface area contributed by atoms with Crippen LogP contribution >= 0.6 is 11.8 Å². The highest BCUT2D eigenvalue weighted by Crippen LogP contribution is 2.23. The number of methoxy groups -OCH3 is 1. The highest BCUT2D eigenvalue weighted by molar-refractivity contribution is 7.98. The molecule has 30 heavy (non-hydrogen) atoms. The zero-order valence-electron chi connectivity index (χ0n) is 17.3. The summed E-state index contributed by atoms with van der Waals surface area (Å²) in [7, 11) is 1.58. The average Bonchev–Trinajstić information content (AvgIpc) is 3.19. The van der Waals surface area contributed by atoms with Gasteiger partial charge in [-0.2, -0.15) is 5.10 Å². The summed E-state index contributed by atoms with van der Waals surface area (Å²) in [6.07, 6.45) is 4.69. The first-order valence-electron chi connectivity index (χ1n) is 9.69. The first-order valence-corrected chi connectivity index (χ1v) is 10.9. The van der Waals surface area contributed by atoms with Crippen LogP contribution in [-0.4, -0.2) is 58.7 Å². The van der Waals surface area contributed by atoms with E-state index in [4.69, 9.17) is 9.47 Å². The summed E-state index contributed by atoms with van der Waals surface area (Å²) >= 11 is 1.48. The van der Waals surface area contributed by atoms with E-state index in [0.29, 0.717) is 29.7 Å². The molecular formula is C20H26N6O3S. The van der Waals surface area contributed by atoms with Crippen molar-refractivity contribution < 1.29 is 14.3 Å². The smallest absolute Gasteiger partial charge is 0.258 e. The second-order valence-electron chi connectivity index (χ2n) is 6.41. The van der Waals surface area contributed by atoms with Crippen molar-refractivity contribution >= 4 is 34.5 Å². The number of nitrogens with one attached hydrogen (secondary N) is 2. The predicted molar refractivity (Wildman–Crippen MR) is 117 cm³/mol. The first-order chi connectivity index (χ1) is 14.6. The Hall–Kier alpha value is -3.01. The molecule has 0 bridgehead atoms. The number of hydrogen-bond donors (Lipinski definition) is 2. The number of thioether (sulfide) groups is 1. The molecule has 0 aliphatic heterocycles. The summed E-state index contributed by atoms with van der Waals surface area (Å²) in [5, 5.41) is 12.1. The normalized spacial score (nSPS) is 10.8. The van der Waals surface area contributed by atoms with Gasteiger partial charge >= 0.3 is 0 Å². The van der Waals surface area contributed by atoms with Crippen LogP contribution in [0, 0.1) is 0 Å². The topological polar surface area (TPSA) is 103 Å². The van der Waals surface area contributed by atoms with Gasteiger partial charge in [-0.25, -0.2) is 14.6 Å². The van der Waals surface area contributed by atoms with E-state index in [-0.39, 0.29) is 12.5 Å². The van der Waals surface area contributed by atoms with E-state index < -0.39 is 0 Å². The molecule has 0 unspecified atom stereocenters. The van der Waals surface area contributed by atoms with Crippen LogP contribution in [0.25, 0.3) is 11.0 Å². The van der Waals surface area contributed by atoms with Crippen LogP contribution in [0.3, 0.4) is 0 Å². The number of carbonyl (C=O) groups excluding carboxylic acids is 1. The van der Waals surface area contributed by atoms with Gasteiger partial charge in [-0.15, -0.1) is 0 Å². The van der Waals surface area contributed by atoms with E-state index in [1.807, 2.05) is 18.4 Å². The van der Waals surface area contributed by atoms with Crippen LogP contribution in [0.1, 0.15) is 13.3 Å². The fraction of sp³-hybridized carbons (Fsp3) is 0.400. The molecule has 1 amide bonds. The molecule has 0 atom stereocenters. The van der Waals surface area contributed by atoms with E-state index in [1.165, 1.54) is 11.8 Å². The van der Waals surface area contributed by atoms with Crippen molar-refractivity contribution in [2.75, 3.05) is 38.4 Å². The molecule has 0 saturated heterocycles. The monoisotopic (exact) mass is 430 g/mol. The lowest BCUT2D eigenvalue weighted by Crippen LogP contribution is -2.31. The Bertz CT molecular complexity index is 994. The van der Waals surface area contributed by atoms with Gasteiger partial charge in [0.25, 0.3) is 5.91 Å². The molecule has 0 fully saturated rings. The summed E-state index contributed by atoms with van der Waals surface area (Å²) in [5.41, 5.74) is 0.745. The number of ether oxygens (including phenoxy) is 2. The number of fused-ring (bicyclic) bond motifs is 1. The minimum Gasteiger partial charge on any atom is -0.497 e. The minimum atomic E-state index is -0.209. The van der Waals surface area contributed by atoms with Crippen molar-refractivity contribution in [1.29, 1.82) is 0 Å². The van der Waals surface area contributed by atoms with Gasteiger partial charge in [-0.3, -0.25) is 4.79 Å². The molecule has 0 spiro atoms. The molecular weight excluding hydrogens is 404 g/mol. The van der Waals surface area contributed by atoms with Crippen LogP contribution in [0.2, 0.25) is 0 Å². The molecule has 10 heteroatoms. The quantitative estimate of drug-likeness (QED) is 0.353. The number of amides is 1. The van der Waals surface area contributed by atoms with Gasteiger partial charge in [-0.05, 0) is 24.8 Å². The molecule has 0 radical (unpaired) electrons. The maximum absolute atomic E-state index is 12.1. The number of aromatic nitrogens is 4. The maximum Gasteiger partial charge on any atom is 0.258 e. The second-order valence-corrected chi connectivity index (χ2v) is 7.18. The zero-order valence-corrected chi connectivity index (χ0v) is 18.2.